The quantitative estimate of drug-likeness (QED) is 0.442. The molecule has 1 N–H and O–H groups in total. The highest BCUT2D eigenvalue weighted by Gasteiger charge is 2.35. The van der Waals surface area contributed by atoms with E-state index in [0.717, 1.165) is 39.4 Å². The highest BCUT2D eigenvalue weighted by Crippen LogP contribution is 2.33. The number of carbonyl (C=O) groups excluding carboxylic acids is 1. The van der Waals surface area contributed by atoms with Crippen LogP contribution in [0.1, 0.15) is 29.3 Å². The summed E-state index contributed by atoms with van der Waals surface area (Å²) in [4.78, 5) is 19.6. The Balaban J connectivity index is 1.38. The molecular formula is C28H29N3O3. The average Bonchev–Trinajstić information content (AvgIpc) is 3.39. The summed E-state index contributed by atoms with van der Waals surface area (Å²) in [6.45, 7) is 5.14. The predicted molar refractivity (Wildman–Crippen MR) is 133 cm³/mol. The van der Waals surface area contributed by atoms with Crippen LogP contribution in [0.2, 0.25) is 0 Å². The van der Waals surface area contributed by atoms with Gasteiger partial charge in [0.1, 0.15) is 24.3 Å². The fourth-order valence-electron chi connectivity index (χ4n) is 4.61. The minimum absolute atomic E-state index is 0.0499. The number of aliphatic hydroxyl groups excluding tert-OH is 1. The Hall–Kier alpha value is -3.64. The van der Waals surface area contributed by atoms with Gasteiger partial charge in [-0.1, -0.05) is 42.0 Å². The fraction of sp³-hybridized carbons (Fsp3) is 0.286. The van der Waals surface area contributed by atoms with E-state index in [-0.39, 0.29) is 18.4 Å². The molecule has 0 radical (unpaired) electrons. The number of aromatic nitrogens is 2. The van der Waals surface area contributed by atoms with Crippen LogP contribution in [0.5, 0.6) is 5.75 Å². The summed E-state index contributed by atoms with van der Waals surface area (Å²) in [6.07, 6.45) is -0.324. The molecule has 1 saturated heterocycles. The Kier molecular flexibility index (Phi) is 6.07. The summed E-state index contributed by atoms with van der Waals surface area (Å²) in [7, 11) is 0. The number of imidazole rings is 1. The van der Waals surface area contributed by atoms with Gasteiger partial charge in [-0.15, -0.1) is 0 Å². The predicted octanol–water partition coefficient (Wildman–Crippen LogP) is 4.61. The normalized spacial score (nSPS) is 16.9. The van der Waals surface area contributed by atoms with Crippen molar-refractivity contribution in [3.8, 4) is 5.75 Å². The summed E-state index contributed by atoms with van der Waals surface area (Å²) < 4.78 is 7.88. The van der Waals surface area contributed by atoms with Crippen molar-refractivity contribution in [2.45, 2.75) is 38.8 Å². The van der Waals surface area contributed by atoms with Crippen LogP contribution in [0.15, 0.2) is 72.8 Å². The van der Waals surface area contributed by atoms with Gasteiger partial charge in [0.15, 0.2) is 0 Å². The molecule has 1 aliphatic heterocycles. The SMILES string of the molecule is Cc1ccc(N2C[C@H](c3nc4ccccc4n3C[C@@H](O)COc3cccc(C)c3)CC2=O)cc1. The third kappa shape index (κ3) is 4.54. The van der Waals surface area contributed by atoms with Crippen molar-refractivity contribution >= 4 is 22.6 Å². The van der Waals surface area contributed by atoms with Gasteiger partial charge in [-0.25, -0.2) is 4.98 Å². The van der Waals surface area contributed by atoms with E-state index >= 15 is 0 Å². The number of fused-ring (bicyclic) bond motifs is 1. The Morgan fingerprint density at radius 1 is 1.03 bits per heavy atom. The highest BCUT2D eigenvalue weighted by molar-refractivity contribution is 5.96. The van der Waals surface area contributed by atoms with Gasteiger partial charge < -0.3 is 19.3 Å². The third-order valence-corrected chi connectivity index (χ3v) is 6.35. The molecule has 0 saturated carbocycles. The topological polar surface area (TPSA) is 67.6 Å². The van der Waals surface area contributed by atoms with Crippen molar-refractivity contribution < 1.29 is 14.6 Å². The molecule has 0 spiro atoms. The zero-order valence-electron chi connectivity index (χ0n) is 19.5. The lowest BCUT2D eigenvalue weighted by Crippen LogP contribution is -2.26. The van der Waals surface area contributed by atoms with Gasteiger partial charge in [-0.3, -0.25) is 4.79 Å². The molecule has 1 fully saturated rings. The summed E-state index contributed by atoms with van der Waals surface area (Å²) in [5.41, 5.74) is 5.00. The number of aryl methyl sites for hydroxylation is 2. The molecule has 6 nitrogen and oxygen atoms in total. The van der Waals surface area contributed by atoms with E-state index in [1.807, 2.05) is 91.5 Å². The molecule has 1 aromatic heterocycles. The standard InChI is InChI=1S/C28H29N3O3/c1-19-10-12-22(13-11-19)30-16-21(15-27(30)33)28-29-25-8-3-4-9-26(25)31(28)17-23(32)18-34-24-7-5-6-20(2)14-24/h3-14,21,23,32H,15-18H2,1-2H3/t21-,23-/m1/s1. The Bertz CT molecular complexity index is 1310. The van der Waals surface area contributed by atoms with E-state index in [1.165, 1.54) is 0 Å². The second kappa shape index (κ2) is 9.31. The molecule has 3 aromatic carbocycles. The lowest BCUT2D eigenvalue weighted by atomic mass is 10.1. The molecule has 0 unspecified atom stereocenters. The van der Waals surface area contributed by atoms with Crippen LogP contribution < -0.4 is 9.64 Å². The minimum atomic E-state index is -0.720. The minimum Gasteiger partial charge on any atom is -0.491 e. The summed E-state index contributed by atoms with van der Waals surface area (Å²) in [5.74, 6) is 1.62. The molecule has 0 bridgehead atoms. The van der Waals surface area contributed by atoms with Crippen LogP contribution in [0.3, 0.4) is 0 Å². The van der Waals surface area contributed by atoms with E-state index < -0.39 is 6.10 Å². The van der Waals surface area contributed by atoms with Crippen LogP contribution in [-0.2, 0) is 11.3 Å². The second-order valence-corrected chi connectivity index (χ2v) is 9.09. The van der Waals surface area contributed by atoms with Crippen LogP contribution in [0, 0.1) is 13.8 Å². The monoisotopic (exact) mass is 455 g/mol. The van der Waals surface area contributed by atoms with Gasteiger partial charge >= 0.3 is 0 Å². The smallest absolute Gasteiger partial charge is 0.227 e. The van der Waals surface area contributed by atoms with Crippen molar-refractivity contribution in [1.82, 2.24) is 9.55 Å². The molecular weight excluding hydrogens is 426 g/mol. The first-order chi connectivity index (χ1) is 16.5. The van der Waals surface area contributed by atoms with Gasteiger partial charge in [0.25, 0.3) is 0 Å². The molecule has 4 aromatic rings. The molecule has 1 aliphatic rings. The highest BCUT2D eigenvalue weighted by atomic mass is 16.5. The molecule has 0 aliphatic carbocycles. The van der Waals surface area contributed by atoms with Crippen molar-refractivity contribution in [2.24, 2.45) is 0 Å². The number of amides is 1. The number of anilines is 1. The van der Waals surface area contributed by atoms with Gasteiger partial charge in [-0.05, 0) is 55.8 Å². The summed E-state index contributed by atoms with van der Waals surface area (Å²) >= 11 is 0. The van der Waals surface area contributed by atoms with Crippen LogP contribution in [-0.4, -0.2) is 39.8 Å². The number of rotatable bonds is 7. The molecule has 2 atom stereocenters. The largest absolute Gasteiger partial charge is 0.491 e. The van der Waals surface area contributed by atoms with Crippen LogP contribution in [0.25, 0.3) is 11.0 Å². The Morgan fingerprint density at radius 3 is 2.62 bits per heavy atom. The number of hydrogen-bond acceptors (Lipinski definition) is 4. The van der Waals surface area contributed by atoms with E-state index in [4.69, 9.17) is 9.72 Å². The van der Waals surface area contributed by atoms with Gasteiger partial charge in [-0.2, -0.15) is 0 Å². The number of carbonyl (C=O) groups is 1. The zero-order chi connectivity index (χ0) is 23.7. The molecule has 6 heteroatoms. The first-order valence-corrected chi connectivity index (χ1v) is 11.7. The molecule has 174 valence electrons. The number of aliphatic hydroxyl groups is 1. The van der Waals surface area contributed by atoms with Gasteiger partial charge in [0, 0.05) is 24.6 Å². The first kappa shape index (κ1) is 22.2. The van der Waals surface area contributed by atoms with E-state index in [9.17, 15) is 9.90 Å². The maximum Gasteiger partial charge on any atom is 0.227 e. The Morgan fingerprint density at radius 2 is 1.82 bits per heavy atom. The molecule has 34 heavy (non-hydrogen) atoms. The Labute approximate surface area is 199 Å². The summed E-state index contributed by atoms with van der Waals surface area (Å²) in [5, 5.41) is 10.8. The van der Waals surface area contributed by atoms with Crippen molar-refractivity contribution in [2.75, 3.05) is 18.1 Å². The fourth-order valence-corrected chi connectivity index (χ4v) is 4.61. The van der Waals surface area contributed by atoms with Crippen molar-refractivity contribution in [3.63, 3.8) is 0 Å². The van der Waals surface area contributed by atoms with E-state index in [0.29, 0.717) is 19.5 Å². The number of nitrogens with zero attached hydrogens (tertiary/aromatic N) is 3. The number of hydrogen-bond donors (Lipinski definition) is 1. The van der Waals surface area contributed by atoms with Crippen LogP contribution in [0.4, 0.5) is 5.69 Å². The maximum atomic E-state index is 12.9. The third-order valence-electron chi connectivity index (χ3n) is 6.35. The second-order valence-electron chi connectivity index (χ2n) is 9.09. The number of para-hydroxylation sites is 2. The lowest BCUT2D eigenvalue weighted by Gasteiger charge is -2.19. The first-order valence-electron chi connectivity index (χ1n) is 11.7. The molecule has 2 heterocycles. The van der Waals surface area contributed by atoms with E-state index in [1.54, 1.807) is 0 Å². The van der Waals surface area contributed by atoms with Crippen molar-refractivity contribution in [1.29, 1.82) is 0 Å². The van der Waals surface area contributed by atoms with Gasteiger partial charge in [0.05, 0.1) is 17.6 Å². The van der Waals surface area contributed by atoms with Gasteiger partial charge in [0.2, 0.25) is 5.91 Å². The average molecular weight is 456 g/mol. The maximum absolute atomic E-state index is 12.9. The lowest BCUT2D eigenvalue weighted by molar-refractivity contribution is -0.117. The number of ether oxygens (including phenoxy) is 1. The zero-order valence-corrected chi connectivity index (χ0v) is 19.5. The summed E-state index contributed by atoms with van der Waals surface area (Å²) in [6, 6.07) is 23.7. The molecule has 1 amide bonds. The van der Waals surface area contributed by atoms with Crippen molar-refractivity contribution in [3.05, 3.63) is 89.7 Å². The van der Waals surface area contributed by atoms with E-state index in [2.05, 4.69) is 4.57 Å². The number of benzene rings is 3. The molecule has 5 rings (SSSR count). The van der Waals surface area contributed by atoms with Crippen LogP contribution >= 0.6 is 0 Å².